The summed E-state index contributed by atoms with van der Waals surface area (Å²) < 4.78 is 7.07. The third-order valence-electron chi connectivity index (χ3n) is 3.15. The first-order valence-electron chi connectivity index (χ1n) is 6.82. The topological polar surface area (TPSA) is 57.0 Å². The van der Waals surface area contributed by atoms with Crippen LogP contribution < -0.4 is 0 Å². The molecular weight excluding hydrogens is 286 g/mol. The SMILES string of the molecule is CCOC(=O)c1csc(-c2nc3ccccc3n2CC)n1. The molecule has 3 rings (SSSR count). The number of para-hydroxylation sites is 2. The van der Waals surface area contributed by atoms with Gasteiger partial charge in [0.2, 0.25) is 0 Å². The number of benzene rings is 1. The van der Waals surface area contributed by atoms with Gasteiger partial charge in [0.1, 0.15) is 0 Å². The van der Waals surface area contributed by atoms with Gasteiger partial charge in [-0.15, -0.1) is 11.3 Å². The Morgan fingerprint density at radius 2 is 2.10 bits per heavy atom. The lowest BCUT2D eigenvalue weighted by Crippen LogP contribution is -2.05. The first kappa shape index (κ1) is 13.8. The van der Waals surface area contributed by atoms with E-state index in [9.17, 15) is 4.79 Å². The number of aryl methyl sites for hydroxylation is 1. The second kappa shape index (κ2) is 5.65. The second-order valence-electron chi connectivity index (χ2n) is 4.43. The number of ether oxygens (including phenoxy) is 1. The number of carbonyl (C=O) groups is 1. The lowest BCUT2D eigenvalue weighted by atomic mass is 10.3. The van der Waals surface area contributed by atoms with E-state index in [0.717, 1.165) is 28.4 Å². The molecule has 0 fully saturated rings. The highest BCUT2D eigenvalue weighted by Gasteiger charge is 2.17. The fourth-order valence-corrected chi connectivity index (χ4v) is 3.02. The summed E-state index contributed by atoms with van der Waals surface area (Å²) in [7, 11) is 0. The predicted molar refractivity (Wildman–Crippen MR) is 82.5 cm³/mol. The molecule has 0 atom stereocenters. The molecule has 21 heavy (non-hydrogen) atoms. The Bertz CT molecular complexity index is 791. The molecule has 0 aliphatic heterocycles. The highest BCUT2D eigenvalue weighted by Crippen LogP contribution is 2.27. The van der Waals surface area contributed by atoms with Crippen LogP contribution in [0.3, 0.4) is 0 Å². The number of thiazole rings is 1. The average Bonchev–Trinajstić information content (AvgIpc) is 3.11. The van der Waals surface area contributed by atoms with Gasteiger partial charge in [0.05, 0.1) is 17.6 Å². The molecule has 0 saturated carbocycles. The summed E-state index contributed by atoms with van der Waals surface area (Å²) in [6.07, 6.45) is 0. The standard InChI is InChI=1S/C15H15N3O2S/c1-3-18-12-8-6-5-7-10(12)16-13(18)14-17-11(9-21-14)15(19)20-4-2/h5-9H,3-4H2,1-2H3. The van der Waals surface area contributed by atoms with Crippen LogP contribution in [0.15, 0.2) is 29.6 Å². The maximum atomic E-state index is 11.7. The van der Waals surface area contributed by atoms with Crippen LogP contribution in [0, 0.1) is 0 Å². The third-order valence-corrected chi connectivity index (χ3v) is 3.99. The summed E-state index contributed by atoms with van der Waals surface area (Å²) in [4.78, 5) is 20.7. The number of rotatable bonds is 4. The minimum absolute atomic E-state index is 0.339. The highest BCUT2D eigenvalue weighted by atomic mass is 32.1. The average molecular weight is 301 g/mol. The number of carbonyl (C=O) groups excluding carboxylic acids is 1. The minimum Gasteiger partial charge on any atom is -0.461 e. The van der Waals surface area contributed by atoms with Gasteiger partial charge in [0.15, 0.2) is 16.5 Å². The maximum Gasteiger partial charge on any atom is 0.357 e. The van der Waals surface area contributed by atoms with E-state index >= 15 is 0 Å². The molecule has 6 heteroatoms. The van der Waals surface area contributed by atoms with Crippen LogP contribution in [0.2, 0.25) is 0 Å². The fourth-order valence-electron chi connectivity index (χ4n) is 2.23. The molecule has 0 saturated heterocycles. The number of imidazole rings is 1. The Labute approximate surface area is 126 Å². The quantitative estimate of drug-likeness (QED) is 0.693. The zero-order valence-corrected chi connectivity index (χ0v) is 12.7. The van der Waals surface area contributed by atoms with Gasteiger partial charge in [0, 0.05) is 11.9 Å². The minimum atomic E-state index is -0.390. The van der Waals surface area contributed by atoms with E-state index in [-0.39, 0.29) is 5.97 Å². The molecule has 0 aliphatic rings. The van der Waals surface area contributed by atoms with Crippen LogP contribution in [-0.2, 0) is 11.3 Å². The van der Waals surface area contributed by atoms with Gasteiger partial charge in [-0.1, -0.05) is 12.1 Å². The molecule has 0 aliphatic carbocycles. The molecule has 2 heterocycles. The second-order valence-corrected chi connectivity index (χ2v) is 5.28. The van der Waals surface area contributed by atoms with Crippen molar-refractivity contribution in [3.63, 3.8) is 0 Å². The van der Waals surface area contributed by atoms with E-state index in [1.165, 1.54) is 11.3 Å². The molecule has 0 N–H and O–H groups in total. The van der Waals surface area contributed by atoms with Crippen molar-refractivity contribution in [2.45, 2.75) is 20.4 Å². The number of aromatic nitrogens is 3. The van der Waals surface area contributed by atoms with Crippen molar-refractivity contribution in [2.75, 3.05) is 6.61 Å². The van der Waals surface area contributed by atoms with Gasteiger partial charge in [-0.05, 0) is 26.0 Å². The number of esters is 1. The monoisotopic (exact) mass is 301 g/mol. The van der Waals surface area contributed by atoms with Gasteiger partial charge in [-0.2, -0.15) is 0 Å². The van der Waals surface area contributed by atoms with Crippen molar-refractivity contribution in [1.29, 1.82) is 0 Å². The Hall–Kier alpha value is -2.21. The molecule has 5 nitrogen and oxygen atoms in total. The number of fused-ring (bicyclic) bond motifs is 1. The molecule has 0 radical (unpaired) electrons. The predicted octanol–water partition coefficient (Wildman–Crippen LogP) is 3.36. The van der Waals surface area contributed by atoms with Crippen LogP contribution in [0.5, 0.6) is 0 Å². The van der Waals surface area contributed by atoms with E-state index in [0.29, 0.717) is 12.3 Å². The van der Waals surface area contributed by atoms with E-state index in [2.05, 4.69) is 21.5 Å². The summed E-state index contributed by atoms with van der Waals surface area (Å²) in [5.74, 6) is 0.401. The van der Waals surface area contributed by atoms with E-state index in [1.54, 1.807) is 12.3 Å². The molecule has 2 aromatic heterocycles. The van der Waals surface area contributed by atoms with Gasteiger partial charge < -0.3 is 9.30 Å². The zero-order chi connectivity index (χ0) is 14.8. The first-order chi connectivity index (χ1) is 10.2. The van der Waals surface area contributed by atoms with E-state index in [1.807, 2.05) is 24.3 Å². The van der Waals surface area contributed by atoms with Crippen molar-refractivity contribution in [3.8, 4) is 10.8 Å². The van der Waals surface area contributed by atoms with Crippen molar-refractivity contribution in [2.24, 2.45) is 0 Å². The lowest BCUT2D eigenvalue weighted by molar-refractivity contribution is 0.0520. The van der Waals surface area contributed by atoms with Crippen LogP contribution >= 0.6 is 11.3 Å². The fraction of sp³-hybridized carbons (Fsp3) is 0.267. The summed E-state index contributed by atoms with van der Waals surface area (Å²) in [6, 6.07) is 7.97. The summed E-state index contributed by atoms with van der Waals surface area (Å²) in [5, 5.41) is 2.45. The van der Waals surface area contributed by atoms with Crippen LogP contribution in [0.1, 0.15) is 24.3 Å². The number of hydrogen-bond acceptors (Lipinski definition) is 5. The Morgan fingerprint density at radius 3 is 2.86 bits per heavy atom. The normalized spacial score (nSPS) is 11.0. The Balaban J connectivity index is 2.06. The van der Waals surface area contributed by atoms with Crippen LogP contribution in [0.25, 0.3) is 21.9 Å². The maximum absolute atomic E-state index is 11.7. The molecule has 0 spiro atoms. The van der Waals surface area contributed by atoms with E-state index < -0.39 is 0 Å². The van der Waals surface area contributed by atoms with Crippen LogP contribution in [0.4, 0.5) is 0 Å². The van der Waals surface area contributed by atoms with Gasteiger partial charge in [0.25, 0.3) is 0 Å². The molecule has 1 aromatic carbocycles. The van der Waals surface area contributed by atoms with Gasteiger partial charge >= 0.3 is 5.97 Å². The molecule has 3 aromatic rings. The van der Waals surface area contributed by atoms with Crippen molar-refractivity contribution in [1.82, 2.24) is 14.5 Å². The van der Waals surface area contributed by atoms with Crippen molar-refractivity contribution in [3.05, 3.63) is 35.3 Å². The molecule has 0 bridgehead atoms. The van der Waals surface area contributed by atoms with Crippen LogP contribution in [-0.4, -0.2) is 27.1 Å². The summed E-state index contributed by atoms with van der Waals surface area (Å²) in [6.45, 7) is 4.99. The number of hydrogen-bond donors (Lipinski definition) is 0. The van der Waals surface area contributed by atoms with Gasteiger partial charge in [-0.25, -0.2) is 14.8 Å². The first-order valence-corrected chi connectivity index (χ1v) is 7.70. The molecule has 0 amide bonds. The smallest absolute Gasteiger partial charge is 0.357 e. The number of nitrogens with zero attached hydrogens (tertiary/aromatic N) is 3. The molecule has 108 valence electrons. The Morgan fingerprint density at radius 1 is 1.29 bits per heavy atom. The largest absolute Gasteiger partial charge is 0.461 e. The highest BCUT2D eigenvalue weighted by molar-refractivity contribution is 7.13. The Kier molecular flexibility index (Phi) is 3.70. The van der Waals surface area contributed by atoms with E-state index in [4.69, 9.17) is 4.74 Å². The lowest BCUT2D eigenvalue weighted by Gasteiger charge is -2.02. The molecular formula is C15H15N3O2S. The summed E-state index contributed by atoms with van der Waals surface area (Å²) in [5.41, 5.74) is 2.34. The zero-order valence-electron chi connectivity index (χ0n) is 11.9. The molecule has 0 unspecified atom stereocenters. The third kappa shape index (κ3) is 2.42. The van der Waals surface area contributed by atoms with Gasteiger partial charge in [-0.3, -0.25) is 0 Å². The summed E-state index contributed by atoms with van der Waals surface area (Å²) >= 11 is 1.41. The van der Waals surface area contributed by atoms with Crippen molar-refractivity contribution < 1.29 is 9.53 Å². The van der Waals surface area contributed by atoms with Crippen molar-refractivity contribution >= 4 is 28.3 Å².